The smallest absolute Gasteiger partial charge is 0.269 e. The molecule has 3 aromatic heterocycles. The van der Waals surface area contributed by atoms with E-state index in [0.717, 1.165) is 27.6 Å². The summed E-state index contributed by atoms with van der Waals surface area (Å²) in [7, 11) is 1.49. The van der Waals surface area contributed by atoms with Crippen LogP contribution in [-0.2, 0) is 15.1 Å². The van der Waals surface area contributed by atoms with Crippen LogP contribution in [0.4, 0.5) is 5.69 Å². The number of benzene rings is 2. The molecule has 2 N–H and O–H groups in total. The summed E-state index contributed by atoms with van der Waals surface area (Å²) < 4.78 is 5.87. The number of nitrogens with one attached hydrogen (secondary N) is 2. The van der Waals surface area contributed by atoms with Gasteiger partial charge in [-0.05, 0) is 18.6 Å². The Balaban J connectivity index is 1.59. The quantitative estimate of drug-likeness (QED) is 0.401. The number of amides is 1. The fourth-order valence-electron chi connectivity index (χ4n) is 4.17. The second-order valence-corrected chi connectivity index (χ2v) is 7.78. The summed E-state index contributed by atoms with van der Waals surface area (Å²) in [5.74, 6) is -0.0132. The van der Waals surface area contributed by atoms with Crippen LogP contribution in [0.5, 0.6) is 0 Å². The summed E-state index contributed by atoms with van der Waals surface area (Å²) in [5, 5.41) is 12.3. The minimum atomic E-state index is -1.47. The first-order chi connectivity index (χ1) is 16.6. The van der Waals surface area contributed by atoms with E-state index in [9.17, 15) is 4.79 Å². The summed E-state index contributed by atoms with van der Waals surface area (Å²) in [6.07, 6.45) is 8.36. The third-order valence-electron chi connectivity index (χ3n) is 5.94. The molecule has 0 radical (unpaired) electrons. The van der Waals surface area contributed by atoms with Crippen LogP contribution in [-0.4, -0.2) is 38.2 Å². The number of aromatic nitrogens is 5. The number of carbonyl (C=O) groups is 1. The predicted octanol–water partition coefficient (Wildman–Crippen LogP) is 4.25. The number of carbonyl (C=O) groups excluding carboxylic acids is 1. The van der Waals surface area contributed by atoms with Gasteiger partial charge in [-0.2, -0.15) is 10.2 Å². The van der Waals surface area contributed by atoms with Crippen molar-refractivity contribution < 1.29 is 9.53 Å². The van der Waals surface area contributed by atoms with Crippen LogP contribution in [0.3, 0.4) is 0 Å². The van der Waals surface area contributed by atoms with Crippen LogP contribution in [0.2, 0.25) is 0 Å². The summed E-state index contributed by atoms with van der Waals surface area (Å²) in [6, 6.07) is 17.0. The zero-order valence-corrected chi connectivity index (χ0v) is 18.7. The molecule has 168 valence electrons. The molecule has 0 aliphatic rings. The molecule has 8 nitrogen and oxygen atoms in total. The van der Waals surface area contributed by atoms with Gasteiger partial charge in [0.05, 0.1) is 23.6 Å². The van der Waals surface area contributed by atoms with E-state index >= 15 is 0 Å². The molecule has 3 heterocycles. The number of imidazole rings is 1. The van der Waals surface area contributed by atoms with Gasteiger partial charge in [0.1, 0.15) is 0 Å². The van der Waals surface area contributed by atoms with E-state index in [1.807, 2.05) is 61.5 Å². The Morgan fingerprint density at radius 2 is 1.79 bits per heavy atom. The Hall–Kier alpha value is -4.43. The lowest BCUT2D eigenvalue weighted by Gasteiger charge is -2.30. The third-order valence-corrected chi connectivity index (χ3v) is 5.94. The number of methoxy groups -OCH3 is 1. The number of hydrogen-bond acceptors (Lipinski definition) is 6. The van der Waals surface area contributed by atoms with Crippen LogP contribution in [0, 0.1) is 6.92 Å². The van der Waals surface area contributed by atoms with Crippen molar-refractivity contribution in [1.82, 2.24) is 25.1 Å². The van der Waals surface area contributed by atoms with Gasteiger partial charge in [0, 0.05) is 47.8 Å². The summed E-state index contributed by atoms with van der Waals surface area (Å²) in [6.45, 7) is 1.94. The van der Waals surface area contributed by atoms with Crippen LogP contribution in [0.15, 0.2) is 85.6 Å². The van der Waals surface area contributed by atoms with Crippen LogP contribution in [0.25, 0.3) is 22.0 Å². The van der Waals surface area contributed by atoms with E-state index in [1.165, 1.54) is 7.11 Å². The normalized spacial score (nSPS) is 12.9. The first-order valence-corrected chi connectivity index (χ1v) is 10.7. The van der Waals surface area contributed by atoms with Gasteiger partial charge in [-0.25, -0.2) is 4.98 Å². The summed E-state index contributed by atoms with van der Waals surface area (Å²) in [4.78, 5) is 25.6. The van der Waals surface area contributed by atoms with Gasteiger partial charge in [0.15, 0.2) is 5.82 Å². The SMILES string of the molecule is COC(C(=O)Nc1cncc(-c2cnnc3ccccc23)c1C)(c1ccccc1)c1ncc[nH]1. The molecule has 1 unspecified atom stereocenters. The van der Waals surface area contributed by atoms with Gasteiger partial charge in [0.25, 0.3) is 5.91 Å². The molecule has 8 heteroatoms. The first-order valence-electron chi connectivity index (χ1n) is 10.7. The minimum absolute atomic E-state index is 0.379. The number of pyridine rings is 1. The molecule has 1 amide bonds. The number of hydrogen-bond donors (Lipinski definition) is 2. The zero-order chi connectivity index (χ0) is 23.5. The molecule has 2 aromatic carbocycles. The van der Waals surface area contributed by atoms with E-state index < -0.39 is 11.5 Å². The fourth-order valence-corrected chi connectivity index (χ4v) is 4.17. The topological polar surface area (TPSA) is 106 Å². The number of fused-ring (bicyclic) bond motifs is 1. The maximum atomic E-state index is 13.8. The van der Waals surface area contributed by atoms with Gasteiger partial charge >= 0.3 is 0 Å². The third kappa shape index (κ3) is 3.50. The predicted molar refractivity (Wildman–Crippen MR) is 129 cm³/mol. The Labute approximate surface area is 196 Å². The molecule has 0 aliphatic heterocycles. The minimum Gasteiger partial charge on any atom is -0.357 e. The van der Waals surface area contributed by atoms with E-state index in [0.29, 0.717) is 17.1 Å². The maximum Gasteiger partial charge on any atom is 0.269 e. The number of nitrogens with zero attached hydrogens (tertiary/aromatic N) is 4. The van der Waals surface area contributed by atoms with Crippen molar-refractivity contribution in [3.05, 3.63) is 103 Å². The summed E-state index contributed by atoms with van der Waals surface area (Å²) in [5.41, 5.74) is 3.11. The molecule has 0 saturated carbocycles. The van der Waals surface area contributed by atoms with E-state index in [-0.39, 0.29) is 0 Å². The Bertz CT molecular complexity index is 1450. The lowest BCUT2D eigenvalue weighted by Crippen LogP contribution is -2.44. The lowest BCUT2D eigenvalue weighted by molar-refractivity contribution is -0.134. The number of aromatic amines is 1. The van der Waals surface area contributed by atoms with Crippen molar-refractivity contribution in [3.8, 4) is 11.1 Å². The van der Waals surface area contributed by atoms with Gasteiger partial charge in [-0.15, -0.1) is 0 Å². The standard InChI is InChI=1S/C26H22N6O2/c1-17-20(21-15-30-32-22-11-7-6-10-19(21)22)14-27-16-23(17)31-25(33)26(34-2,24-28-12-13-29-24)18-8-4-3-5-9-18/h3-16H,1-2H3,(H,28,29)(H,31,33). The van der Waals surface area contributed by atoms with Crippen molar-refractivity contribution in [2.75, 3.05) is 12.4 Å². The highest BCUT2D eigenvalue weighted by atomic mass is 16.5. The molecule has 0 aliphatic carbocycles. The molecule has 0 spiro atoms. The molecule has 34 heavy (non-hydrogen) atoms. The monoisotopic (exact) mass is 450 g/mol. The molecular formula is C26H22N6O2. The molecule has 5 rings (SSSR count). The van der Waals surface area contributed by atoms with Crippen molar-refractivity contribution in [1.29, 1.82) is 0 Å². The van der Waals surface area contributed by atoms with Crippen molar-refractivity contribution in [3.63, 3.8) is 0 Å². The highest BCUT2D eigenvalue weighted by molar-refractivity contribution is 6.02. The number of H-pyrrole nitrogens is 1. The molecule has 0 saturated heterocycles. The Morgan fingerprint density at radius 1 is 1.00 bits per heavy atom. The van der Waals surface area contributed by atoms with Crippen molar-refractivity contribution in [2.24, 2.45) is 0 Å². The Morgan fingerprint density at radius 3 is 2.56 bits per heavy atom. The van der Waals surface area contributed by atoms with Gasteiger partial charge in [-0.3, -0.25) is 9.78 Å². The van der Waals surface area contributed by atoms with E-state index in [1.54, 1.807) is 31.0 Å². The second-order valence-electron chi connectivity index (χ2n) is 7.78. The van der Waals surface area contributed by atoms with Gasteiger partial charge in [-0.1, -0.05) is 48.5 Å². The molecule has 1 atom stereocenters. The highest BCUT2D eigenvalue weighted by Crippen LogP contribution is 2.35. The number of rotatable bonds is 6. The zero-order valence-electron chi connectivity index (χ0n) is 18.7. The molecule has 0 bridgehead atoms. The largest absolute Gasteiger partial charge is 0.357 e. The van der Waals surface area contributed by atoms with Gasteiger partial charge in [0.2, 0.25) is 5.60 Å². The maximum absolute atomic E-state index is 13.8. The Kier molecular flexibility index (Phi) is 5.57. The fraction of sp³-hybridized carbons (Fsp3) is 0.115. The van der Waals surface area contributed by atoms with Crippen LogP contribution >= 0.6 is 0 Å². The average molecular weight is 451 g/mol. The second kappa shape index (κ2) is 8.84. The average Bonchev–Trinajstić information content (AvgIpc) is 3.42. The van der Waals surface area contributed by atoms with Crippen LogP contribution < -0.4 is 5.32 Å². The van der Waals surface area contributed by atoms with Crippen LogP contribution in [0.1, 0.15) is 17.0 Å². The number of anilines is 1. The molecule has 5 aromatic rings. The van der Waals surface area contributed by atoms with Crippen molar-refractivity contribution >= 4 is 22.5 Å². The highest BCUT2D eigenvalue weighted by Gasteiger charge is 2.45. The van der Waals surface area contributed by atoms with Gasteiger partial charge < -0.3 is 15.0 Å². The molecule has 0 fully saturated rings. The molecular weight excluding hydrogens is 428 g/mol. The number of ether oxygens (including phenoxy) is 1. The van der Waals surface area contributed by atoms with E-state index in [2.05, 4.69) is 30.5 Å². The first kappa shape index (κ1) is 21.4. The van der Waals surface area contributed by atoms with Crippen molar-refractivity contribution in [2.45, 2.75) is 12.5 Å². The summed E-state index contributed by atoms with van der Waals surface area (Å²) >= 11 is 0. The lowest BCUT2D eigenvalue weighted by atomic mass is 9.91. The van der Waals surface area contributed by atoms with E-state index in [4.69, 9.17) is 4.74 Å².